The van der Waals surface area contributed by atoms with Crippen LogP contribution in [0, 0.1) is 0 Å². The summed E-state index contributed by atoms with van der Waals surface area (Å²) in [4.78, 5) is 17.0. The third kappa shape index (κ3) is 1.95. The quantitative estimate of drug-likeness (QED) is 0.873. The average Bonchev–Trinajstić information content (AvgIpc) is 2.76. The van der Waals surface area contributed by atoms with Crippen molar-refractivity contribution in [1.29, 1.82) is 0 Å². The van der Waals surface area contributed by atoms with Crippen LogP contribution in [0.2, 0.25) is 0 Å². The van der Waals surface area contributed by atoms with E-state index in [1.807, 2.05) is 0 Å². The fourth-order valence-corrected chi connectivity index (χ4v) is 2.63. The SMILES string of the molecule is O=C(O)N1CCCC[C@H]1c1nc(C2CCC2)no1. The molecule has 2 aliphatic rings. The van der Waals surface area contributed by atoms with Gasteiger partial charge in [0.25, 0.3) is 0 Å². The van der Waals surface area contributed by atoms with E-state index >= 15 is 0 Å². The number of carboxylic acid groups (broad SMARTS) is 1. The summed E-state index contributed by atoms with van der Waals surface area (Å²) >= 11 is 0. The van der Waals surface area contributed by atoms with Gasteiger partial charge in [-0.2, -0.15) is 4.98 Å². The molecule has 2 fully saturated rings. The maximum atomic E-state index is 11.2. The number of piperidine rings is 1. The topological polar surface area (TPSA) is 79.5 Å². The molecule has 1 aliphatic heterocycles. The molecule has 0 bridgehead atoms. The van der Waals surface area contributed by atoms with Gasteiger partial charge >= 0.3 is 6.09 Å². The third-order valence-electron chi connectivity index (χ3n) is 3.96. The Bertz CT molecular complexity index is 442. The van der Waals surface area contributed by atoms with Gasteiger partial charge in [0.15, 0.2) is 5.82 Å². The van der Waals surface area contributed by atoms with Crippen molar-refractivity contribution in [2.24, 2.45) is 0 Å². The Balaban J connectivity index is 1.78. The van der Waals surface area contributed by atoms with Gasteiger partial charge in [0, 0.05) is 12.5 Å². The van der Waals surface area contributed by atoms with Gasteiger partial charge in [0.05, 0.1) is 0 Å². The zero-order valence-electron chi connectivity index (χ0n) is 10.2. The van der Waals surface area contributed by atoms with Crippen molar-refractivity contribution in [3.8, 4) is 0 Å². The van der Waals surface area contributed by atoms with Crippen LogP contribution in [-0.2, 0) is 0 Å². The van der Waals surface area contributed by atoms with Crippen molar-refractivity contribution in [1.82, 2.24) is 15.0 Å². The number of nitrogens with zero attached hydrogens (tertiary/aromatic N) is 3. The zero-order valence-corrected chi connectivity index (χ0v) is 10.2. The first-order chi connectivity index (χ1) is 8.75. The lowest BCUT2D eigenvalue weighted by Crippen LogP contribution is -2.37. The highest BCUT2D eigenvalue weighted by molar-refractivity contribution is 5.65. The number of aromatic nitrogens is 2. The Labute approximate surface area is 105 Å². The molecule has 0 unspecified atom stereocenters. The van der Waals surface area contributed by atoms with Crippen molar-refractivity contribution >= 4 is 6.09 Å². The lowest BCUT2D eigenvalue weighted by atomic mass is 9.85. The summed E-state index contributed by atoms with van der Waals surface area (Å²) in [5, 5.41) is 13.2. The first-order valence-electron chi connectivity index (χ1n) is 6.59. The Hall–Kier alpha value is -1.59. The molecule has 6 heteroatoms. The third-order valence-corrected chi connectivity index (χ3v) is 3.96. The lowest BCUT2D eigenvalue weighted by molar-refractivity contribution is 0.0932. The van der Waals surface area contributed by atoms with E-state index in [2.05, 4.69) is 10.1 Å². The molecule has 0 aromatic carbocycles. The van der Waals surface area contributed by atoms with Crippen molar-refractivity contribution in [3.63, 3.8) is 0 Å². The Morgan fingerprint density at radius 3 is 2.78 bits per heavy atom. The lowest BCUT2D eigenvalue weighted by Gasteiger charge is -2.30. The molecule has 18 heavy (non-hydrogen) atoms. The van der Waals surface area contributed by atoms with Gasteiger partial charge in [-0.15, -0.1) is 0 Å². The Kier molecular flexibility index (Phi) is 2.93. The summed E-state index contributed by atoms with van der Waals surface area (Å²) < 4.78 is 5.28. The molecule has 1 aromatic heterocycles. The predicted molar refractivity (Wildman–Crippen MR) is 62.2 cm³/mol. The molecule has 1 saturated carbocycles. The maximum Gasteiger partial charge on any atom is 0.407 e. The molecule has 0 spiro atoms. The van der Waals surface area contributed by atoms with Crippen LogP contribution in [0.4, 0.5) is 4.79 Å². The van der Waals surface area contributed by atoms with E-state index in [-0.39, 0.29) is 6.04 Å². The van der Waals surface area contributed by atoms with Crippen LogP contribution in [0.15, 0.2) is 4.52 Å². The molecule has 1 aliphatic carbocycles. The van der Waals surface area contributed by atoms with Gasteiger partial charge in [-0.1, -0.05) is 11.6 Å². The summed E-state index contributed by atoms with van der Waals surface area (Å²) in [6.07, 6.45) is 5.25. The van der Waals surface area contributed by atoms with Crippen molar-refractivity contribution in [2.45, 2.75) is 50.5 Å². The van der Waals surface area contributed by atoms with E-state index in [9.17, 15) is 9.90 Å². The van der Waals surface area contributed by atoms with Crippen LogP contribution in [0.1, 0.15) is 62.2 Å². The second kappa shape index (κ2) is 4.59. The van der Waals surface area contributed by atoms with Gasteiger partial charge < -0.3 is 9.63 Å². The highest BCUT2D eigenvalue weighted by Gasteiger charge is 2.33. The van der Waals surface area contributed by atoms with Crippen LogP contribution in [-0.4, -0.2) is 32.8 Å². The number of rotatable bonds is 2. The molecule has 98 valence electrons. The minimum Gasteiger partial charge on any atom is -0.465 e. The monoisotopic (exact) mass is 251 g/mol. The second-order valence-corrected chi connectivity index (χ2v) is 5.11. The van der Waals surface area contributed by atoms with Gasteiger partial charge in [0.1, 0.15) is 6.04 Å². The Morgan fingerprint density at radius 1 is 1.28 bits per heavy atom. The molecule has 3 rings (SSSR count). The Morgan fingerprint density at radius 2 is 2.11 bits per heavy atom. The van der Waals surface area contributed by atoms with Gasteiger partial charge in [-0.05, 0) is 32.1 Å². The van der Waals surface area contributed by atoms with Crippen LogP contribution < -0.4 is 0 Å². The van der Waals surface area contributed by atoms with Gasteiger partial charge in [-0.3, -0.25) is 4.90 Å². The summed E-state index contributed by atoms with van der Waals surface area (Å²) in [7, 11) is 0. The van der Waals surface area contributed by atoms with Crippen LogP contribution in [0.25, 0.3) is 0 Å². The van der Waals surface area contributed by atoms with Gasteiger partial charge in [0.2, 0.25) is 5.89 Å². The largest absolute Gasteiger partial charge is 0.465 e. The fraction of sp³-hybridized carbons (Fsp3) is 0.750. The normalized spacial score (nSPS) is 24.9. The molecular weight excluding hydrogens is 234 g/mol. The molecule has 1 saturated heterocycles. The van der Waals surface area contributed by atoms with Crippen molar-refractivity contribution in [2.75, 3.05) is 6.54 Å². The van der Waals surface area contributed by atoms with E-state index in [0.29, 0.717) is 18.4 Å². The number of carbonyl (C=O) groups is 1. The number of amides is 1. The maximum absolute atomic E-state index is 11.2. The number of hydrogen-bond donors (Lipinski definition) is 1. The van der Waals surface area contributed by atoms with Crippen LogP contribution in [0.3, 0.4) is 0 Å². The number of likely N-dealkylation sites (tertiary alicyclic amines) is 1. The summed E-state index contributed by atoms with van der Waals surface area (Å²) in [6.45, 7) is 0.557. The van der Waals surface area contributed by atoms with Crippen LogP contribution in [0.5, 0.6) is 0 Å². The van der Waals surface area contributed by atoms with Crippen LogP contribution >= 0.6 is 0 Å². The molecule has 6 nitrogen and oxygen atoms in total. The molecule has 1 N–H and O–H groups in total. The first kappa shape index (κ1) is 11.5. The standard InChI is InChI=1S/C12H17N3O3/c16-12(17)15-7-2-1-6-9(15)11-13-10(14-18-11)8-4-3-5-8/h8-9H,1-7H2,(H,16,17)/t9-/m0/s1. The smallest absolute Gasteiger partial charge is 0.407 e. The minimum absolute atomic E-state index is 0.252. The molecular formula is C12H17N3O3. The zero-order chi connectivity index (χ0) is 12.5. The summed E-state index contributed by atoms with van der Waals surface area (Å²) in [5.74, 6) is 1.65. The van der Waals surface area contributed by atoms with Crippen molar-refractivity contribution in [3.05, 3.63) is 11.7 Å². The first-order valence-corrected chi connectivity index (χ1v) is 6.59. The van der Waals surface area contributed by atoms with E-state index in [0.717, 1.165) is 37.9 Å². The van der Waals surface area contributed by atoms with E-state index < -0.39 is 6.09 Å². The van der Waals surface area contributed by atoms with E-state index in [4.69, 9.17) is 4.52 Å². The number of hydrogen-bond acceptors (Lipinski definition) is 4. The molecule has 1 amide bonds. The summed E-state index contributed by atoms with van der Waals surface area (Å²) in [5.41, 5.74) is 0. The van der Waals surface area contributed by atoms with E-state index in [1.165, 1.54) is 11.3 Å². The fourth-order valence-electron chi connectivity index (χ4n) is 2.63. The van der Waals surface area contributed by atoms with E-state index in [1.54, 1.807) is 0 Å². The minimum atomic E-state index is -0.900. The van der Waals surface area contributed by atoms with Crippen molar-refractivity contribution < 1.29 is 14.4 Å². The van der Waals surface area contributed by atoms with Gasteiger partial charge in [-0.25, -0.2) is 4.79 Å². The highest BCUT2D eigenvalue weighted by atomic mass is 16.5. The second-order valence-electron chi connectivity index (χ2n) is 5.11. The average molecular weight is 251 g/mol. The molecule has 2 heterocycles. The highest BCUT2D eigenvalue weighted by Crippen LogP contribution is 2.36. The predicted octanol–water partition coefficient (Wildman–Crippen LogP) is 2.54. The molecule has 1 atom stereocenters. The molecule has 1 aromatic rings. The molecule has 0 radical (unpaired) electrons. The summed E-state index contributed by atoms with van der Waals surface area (Å²) in [6, 6.07) is -0.252.